The number of hydrogen-bond acceptors (Lipinski definition) is 1. The second-order valence-corrected chi connectivity index (χ2v) is 5.46. The van der Waals surface area contributed by atoms with Crippen LogP contribution >= 0.6 is 15.9 Å². The van der Waals surface area contributed by atoms with Gasteiger partial charge in [-0.1, -0.05) is 29.3 Å². The van der Waals surface area contributed by atoms with Gasteiger partial charge >= 0.3 is 0 Å². The number of carbonyl (C=O) groups is 1. The van der Waals surface area contributed by atoms with Crippen molar-refractivity contribution in [1.29, 1.82) is 0 Å². The van der Waals surface area contributed by atoms with Crippen LogP contribution < -0.4 is 5.32 Å². The fourth-order valence-electron chi connectivity index (χ4n) is 1.64. The van der Waals surface area contributed by atoms with Crippen LogP contribution in [0.2, 0.25) is 0 Å². The van der Waals surface area contributed by atoms with Crippen molar-refractivity contribution < 1.29 is 4.79 Å². The van der Waals surface area contributed by atoms with E-state index in [1.165, 1.54) is 25.7 Å². The minimum Gasteiger partial charge on any atom is -0.355 e. The van der Waals surface area contributed by atoms with Crippen LogP contribution in [0.15, 0.2) is 0 Å². The zero-order valence-corrected chi connectivity index (χ0v) is 9.99. The van der Waals surface area contributed by atoms with Crippen molar-refractivity contribution in [3.05, 3.63) is 0 Å². The van der Waals surface area contributed by atoms with Gasteiger partial charge in [0, 0.05) is 6.54 Å². The Labute approximate surface area is 88.6 Å². The first-order valence-electron chi connectivity index (χ1n) is 5.01. The molecule has 1 fully saturated rings. The van der Waals surface area contributed by atoms with Crippen molar-refractivity contribution in [3.63, 3.8) is 0 Å². The standard InChI is InChI=1S/C10H18BrNO/c1-3-4-10(5-6-10)7-12-9(13)8(2)11/h8H,3-7H2,1-2H3,(H,12,13). The summed E-state index contributed by atoms with van der Waals surface area (Å²) in [5.74, 6) is 0.113. The van der Waals surface area contributed by atoms with Gasteiger partial charge in [-0.25, -0.2) is 0 Å². The normalized spacial score (nSPS) is 20.8. The molecule has 0 heterocycles. The Kier molecular flexibility index (Phi) is 3.77. The number of hydrogen-bond donors (Lipinski definition) is 1. The van der Waals surface area contributed by atoms with E-state index in [4.69, 9.17) is 0 Å². The fraction of sp³-hybridized carbons (Fsp3) is 0.900. The third-order valence-corrected chi connectivity index (χ3v) is 3.15. The molecule has 0 aromatic heterocycles. The van der Waals surface area contributed by atoms with Gasteiger partial charge in [-0.2, -0.15) is 0 Å². The van der Waals surface area contributed by atoms with Crippen LogP contribution in [0.25, 0.3) is 0 Å². The van der Waals surface area contributed by atoms with E-state index in [2.05, 4.69) is 28.2 Å². The maximum Gasteiger partial charge on any atom is 0.233 e. The van der Waals surface area contributed by atoms with Crippen LogP contribution in [0.4, 0.5) is 0 Å². The minimum atomic E-state index is -0.0649. The Morgan fingerprint density at radius 2 is 2.23 bits per heavy atom. The summed E-state index contributed by atoms with van der Waals surface area (Å²) >= 11 is 3.25. The lowest BCUT2D eigenvalue weighted by Gasteiger charge is -2.15. The molecule has 1 aliphatic rings. The first-order valence-corrected chi connectivity index (χ1v) is 5.93. The fourth-order valence-corrected chi connectivity index (χ4v) is 1.80. The van der Waals surface area contributed by atoms with E-state index in [0.29, 0.717) is 5.41 Å². The molecule has 0 bridgehead atoms. The highest BCUT2D eigenvalue weighted by atomic mass is 79.9. The molecule has 1 saturated carbocycles. The summed E-state index contributed by atoms with van der Waals surface area (Å²) in [6.45, 7) is 4.93. The van der Waals surface area contributed by atoms with Crippen molar-refractivity contribution in [3.8, 4) is 0 Å². The highest BCUT2D eigenvalue weighted by molar-refractivity contribution is 9.10. The second-order valence-electron chi connectivity index (χ2n) is 4.08. The van der Waals surface area contributed by atoms with Gasteiger partial charge in [0.05, 0.1) is 4.83 Å². The lowest BCUT2D eigenvalue weighted by atomic mass is 10.0. The maximum atomic E-state index is 11.3. The van der Waals surface area contributed by atoms with Crippen LogP contribution in [0.3, 0.4) is 0 Å². The lowest BCUT2D eigenvalue weighted by Crippen LogP contribution is -2.34. The van der Waals surface area contributed by atoms with Gasteiger partial charge in [-0.3, -0.25) is 4.79 Å². The number of rotatable bonds is 5. The summed E-state index contributed by atoms with van der Waals surface area (Å²) in [5, 5.41) is 2.98. The average Bonchev–Trinajstić information content (AvgIpc) is 2.82. The maximum absolute atomic E-state index is 11.3. The SMILES string of the molecule is CCCC1(CNC(=O)C(C)Br)CC1. The van der Waals surface area contributed by atoms with Crippen LogP contribution in [-0.4, -0.2) is 17.3 Å². The lowest BCUT2D eigenvalue weighted by molar-refractivity contribution is -0.120. The van der Waals surface area contributed by atoms with E-state index < -0.39 is 0 Å². The predicted molar refractivity (Wildman–Crippen MR) is 58.0 cm³/mol. The highest BCUT2D eigenvalue weighted by Crippen LogP contribution is 2.48. The number of carbonyl (C=O) groups excluding carboxylic acids is 1. The molecule has 2 nitrogen and oxygen atoms in total. The van der Waals surface area contributed by atoms with E-state index in [9.17, 15) is 4.79 Å². The number of amides is 1. The average molecular weight is 248 g/mol. The largest absolute Gasteiger partial charge is 0.355 e. The first kappa shape index (κ1) is 11.0. The summed E-state index contributed by atoms with van der Waals surface area (Å²) in [7, 11) is 0. The summed E-state index contributed by atoms with van der Waals surface area (Å²) < 4.78 is 0. The number of alkyl halides is 1. The molecule has 0 spiro atoms. The van der Waals surface area contributed by atoms with Gasteiger partial charge in [-0.05, 0) is 31.6 Å². The van der Waals surface area contributed by atoms with E-state index in [0.717, 1.165) is 6.54 Å². The summed E-state index contributed by atoms with van der Waals surface area (Å²) in [6, 6.07) is 0. The van der Waals surface area contributed by atoms with E-state index in [-0.39, 0.29) is 10.7 Å². The minimum absolute atomic E-state index is 0.0649. The van der Waals surface area contributed by atoms with E-state index in [1.54, 1.807) is 0 Å². The molecule has 13 heavy (non-hydrogen) atoms. The van der Waals surface area contributed by atoms with Gasteiger partial charge in [0.2, 0.25) is 5.91 Å². The molecule has 1 amide bonds. The molecule has 1 rings (SSSR count). The smallest absolute Gasteiger partial charge is 0.233 e. The third-order valence-electron chi connectivity index (χ3n) is 2.74. The Morgan fingerprint density at radius 3 is 2.62 bits per heavy atom. The van der Waals surface area contributed by atoms with Crippen molar-refractivity contribution in [2.45, 2.75) is 44.4 Å². The Balaban J connectivity index is 2.22. The molecular formula is C10H18BrNO. The molecule has 0 aliphatic heterocycles. The molecule has 1 N–H and O–H groups in total. The van der Waals surface area contributed by atoms with Crippen molar-refractivity contribution >= 4 is 21.8 Å². The van der Waals surface area contributed by atoms with Crippen LogP contribution in [0.5, 0.6) is 0 Å². The van der Waals surface area contributed by atoms with Gasteiger partial charge in [0.1, 0.15) is 0 Å². The van der Waals surface area contributed by atoms with Crippen molar-refractivity contribution in [2.24, 2.45) is 5.41 Å². The molecule has 1 unspecified atom stereocenters. The van der Waals surface area contributed by atoms with E-state index in [1.807, 2.05) is 6.92 Å². The third kappa shape index (κ3) is 3.29. The number of halogens is 1. The van der Waals surface area contributed by atoms with Gasteiger partial charge in [-0.15, -0.1) is 0 Å². The van der Waals surface area contributed by atoms with Crippen LogP contribution in [0.1, 0.15) is 39.5 Å². The predicted octanol–water partition coefficient (Wildman–Crippen LogP) is 2.47. The quantitative estimate of drug-likeness (QED) is 0.744. The summed E-state index contributed by atoms with van der Waals surface area (Å²) in [4.78, 5) is 11.2. The molecule has 76 valence electrons. The first-order chi connectivity index (χ1) is 6.09. The summed E-state index contributed by atoms with van der Waals surface area (Å²) in [6.07, 6.45) is 5.05. The van der Waals surface area contributed by atoms with Gasteiger partial charge < -0.3 is 5.32 Å². The Morgan fingerprint density at radius 1 is 1.62 bits per heavy atom. The second kappa shape index (κ2) is 4.45. The molecule has 0 saturated heterocycles. The highest BCUT2D eigenvalue weighted by Gasteiger charge is 2.41. The van der Waals surface area contributed by atoms with Crippen LogP contribution in [0, 0.1) is 5.41 Å². The van der Waals surface area contributed by atoms with Crippen molar-refractivity contribution in [1.82, 2.24) is 5.32 Å². The molecule has 3 heteroatoms. The zero-order chi connectivity index (χ0) is 9.90. The van der Waals surface area contributed by atoms with Gasteiger partial charge in [0.25, 0.3) is 0 Å². The molecule has 0 aromatic rings. The molecule has 1 aliphatic carbocycles. The van der Waals surface area contributed by atoms with Crippen molar-refractivity contribution in [2.75, 3.05) is 6.54 Å². The number of nitrogens with one attached hydrogen (secondary N) is 1. The molecule has 1 atom stereocenters. The summed E-state index contributed by atoms with van der Waals surface area (Å²) in [5.41, 5.74) is 0.465. The zero-order valence-electron chi connectivity index (χ0n) is 8.40. The van der Waals surface area contributed by atoms with Gasteiger partial charge in [0.15, 0.2) is 0 Å². The van der Waals surface area contributed by atoms with E-state index >= 15 is 0 Å². The Bertz CT molecular complexity index is 187. The topological polar surface area (TPSA) is 29.1 Å². The molecule has 0 radical (unpaired) electrons. The molecule has 0 aromatic carbocycles. The monoisotopic (exact) mass is 247 g/mol. The Hall–Kier alpha value is -0.0500. The van der Waals surface area contributed by atoms with Crippen LogP contribution in [-0.2, 0) is 4.79 Å². The molecular weight excluding hydrogens is 230 g/mol.